The zero-order chi connectivity index (χ0) is 12.2. The molecular formula is C15H32O. The van der Waals surface area contributed by atoms with Crippen LogP contribution in [0.5, 0.6) is 0 Å². The summed E-state index contributed by atoms with van der Waals surface area (Å²) in [6.07, 6.45) is 12.5. The fourth-order valence-corrected chi connectivity index (χ4v) is 2.15. The summed E-state index contributed by atoms with van der Waals surface area (Å²) < 4.78 is 0. The molecule has 16 heavy (non-hydrogen) atoms. The molecule has 0 saturated heterocycles. The highest BCUT2D eigenvalue weighted by Crippen LogP contribution is 2.18. The fourth-order valence-electron chi connectivity index (χ4n) is 2.15. The lowest BCUT2D eigenvalue weighted by Crippen LogP contribution is -2.17. The molecule has 2 atom stereocenters. The van der Waals surface area contributed by atoms with E-state index in [1.54, 1.807) is 0 Å². The van der Waals surface area contributed by atoms with Crippen molar-refractivity contribution in [2.75, 3.05) is 0 Å². The van der Waals surface area contributed by atoms with Gasteiger partial charge in [-0.25, -0.2) is 0 Å². The van der Waals surface area contributed by atoms with Crippen molar-refractivity contribution in [3.05, 3.63) is 0 Å². The van der Waals surface area contributed by atoms with E-state index < -0.39 is 0 Å². The quantitative estimate of drug-likeness (QED) is 0.497. The first kappa shape index (κ1) is 16.0. The summed E-state index contributed by atoms with van der Waals surface area (Å²) in [6, 6.07) is 0. The summed E-state index contributed by atoms with van der Waals surface area (Å²) >= 11 is 0. The van der Waals surface area contributed by atoms with Crippen LogP contribution in [-0.4, -0.2) is 11.2 Å². The highest BCUT2D eigenvalue weighted by atomic mass is 16.3. The van der Waals surface area contributed by atoms with Crippen LogP contribution in [0.3, 0.4) is 0 Å². The van der Waals surface area contributed by atoms with Crippen LogP contribution >= 0.6 is 0 Å². The van der Waals surface area contributed by atoms with Crippen molar-refractivity contribution < 1.29 is 5.11 Å². The van der Waals surface area contributed by atoms with Gasteiger partial charge in [-0.05, 0) is 18.8 Å². The predicted octanol–water partition coefficient (Wildman–Crippen LogP) is 4.92. The van der Waals surface area contributed by atoms with Gasteiger partial charge < -0.3 is 5.11 Å². The Morgan fingerprint density at radius 3 is 1.75 bits per heavy atom. The molecule has 1 nitrogen and oxygen atoms in total. The molecule has 0 amide bonds. The summed E-state index contributed by atoms with van der Waals surface area (Å²) in [5, 5.41) is 9.97. The second kappa shape index (κ2) is 11.4. The van der Waals surface area contributed by atoms with E-state index in [1.165, 1.54) is 57.8 Å². The zero-order valence-corrected chi connectivity index (χ0v) is 11.7. The molecule has 0 aliphatic heterocycles. The van der Waals surface area contributed by atoms with E-state index in [1.807, 2.05) is 0 Å². The Hall–Kier alpha value is -0.0400. The van der Waals surface area contributed by atoms with Gasteiger partial charge in [-0.3, -0.25) is 0 Å². The van der Waals surface area contributed by atoms with Crippen molar-refractivity contribution in [1.29, 1.82) is 0 Å². The van der Waals surface area contributed by atoms with Gasteiger partial charge in [0.15, 0.2) is 0 Å². The third-order valence-electron chi connectivity index (χ3n) is 3.52. The maximum absolute atomic E-state index is 9.97. The minimum absolute atomic E-state index is 0.0570. The highest BCUT2D eigenvalue weighted by Gasteiger charge is 2.12. The first-order valence-electron chi connectivity index (χ1n) is 7.40. The number of unbranched alkanes of at least 4 members (excludes halogenated alkanes) is 6. The van der Waals surface area contributed by atoms with Crippen molar-refractivity contribution >= 4 is 0 Å². The topological polar surface area (TPSA) is 20.2 Å². The Bertz CT molecular complexity index is 117. The molecule has 2 unspecified atom stereocenters. The Morgan fingerprint density at radius 2 is 1.25 bits per heavy atom. The van der Waals surface area contributed by atoms with Crippen LogP contribution in [0.2, 0.25) is 0 Å². The smallest absolute Gasteiger partial charge is 0.0565 e. The number of aliphatic hydroxyl groups is 1. The third-order valence-corrected chi connectivity index (χ3v) is 3.52. The first-order chi connectivity index (χ1) is 7.72. The van der Waals surface area contributed by atoms with Crippen LogP contribution < -0.4 is 0 Å². The summed E-state index contributed by atoms with van der Waals surface area (Å²) in [5.74, 6) is 0.499. The predicted molar refractivity (Wildman–Crippen MR) is 72.7 cm³/mol. The van der Waals surface area contributed by atoms with Crippen LogP contribution in [0.25, 0.3) is 0 Å². The number of rotatable bonds is 11. The monoisotopic (exact) mass is 228 g/mol. The normalized spacial score (nSPS) is 15.0. The average molecular weight is 228 g/mol. The van der Waals surface area contributed by atoms with Gasteiger partial charge in [-0.15, -0.1) is 0 Å². The SMILES string of the molecule is CCCCCCC(C)C(O)CCCCCC. The Kier molecular flexibility index (Phi) is 11.4. The van der Waals surface area contributed by atoms with Crippen molar-refractivity contribution in [1.82, 2.24) is 0 Å². The maximum Gasteiger partial charge on any atom is 0.0565 e. The number of hydrogen-bond acceptors (Lipinski definition) is 1. The van der Waals surface area contributed by atoms with Gasteiger partial charge in [0.2, 0.25) is 0 Å². The second-order valence-electron chi connectivity index (χ2n) is 5.24. The van der Waals surface area contributed by atoms with E-state index in [2.05, 4.69) is 20.8 Å². The molecule has 0 spiro atoms. The molecule has 0 radical (unpaired) electrons. The molecule has 0 rings (SSSR count). The summed E-state index contributed by atoms with van der Waals surface area (Å²) in [6.45, 7) is 6.68. The lowest BCUT2D eigenvalue weighted by atomic mass is 9.93. The molecule has 1 N–H and O–H groups in total. The summed E-state index contributed by atoms with van der Waals surface area (Å²) in [5.41, 5.74) is 0. The minimum Gasteiger partial charge on any atom is -0.393 e. The van der Waals surface area contributed by atoms with Gasteiger partial charge in [0.25, 0.3) is 0 Å². The average Bonchev–Trinajstić information content (AvgIpc) is 2.29. The van der Waals surface area contributed by atoms with Gasteiger partial charge in [0, 0.05) is 0 Å². The fraction of sp³-hybridized carbons (Fsp3) is 1.00. The molecule has 0 aliphatic rings. The van der Waals surface area contributed by atoms with E-state index in [9.17, 15) is 5.11 Å². The third kappa shape index (κ3) is 9.21. The van der Waals surface area contributed by atoms with Crippen LogP contribution in [0.1, 0.15) is 85.0 Å². The highest BCUT2D eigenvalue weighted by molar-refractivity contribution is 4.65. The summed E-state index contributed by atoms with van der Waals surface area (Å²) in [4.78, 5) is 0. The van der Waals surface area contributed by atoms with Crippen LogP contribution in [0, 0.1) is 5.92 Å². The largest absolute Gasteiger partial charge is 0.393 e. The van der Waals surface area contributed by atoms with E-state index in [4.69, 9.17) is 0 Å². The molecule has 0 aromatic heterocycles. The van der Waals surface area contributed by atoms with E-state index in [0.717, 1.165) is 6.42 Å². The molecular weight excluding hydrogens is 196 g/mol. The molecule has 0 fully saturated rings. The lowest BCUT2D eigenvalue weighted by Gasteiger charge is -2.18. The van der Waals surface area contributed by atoms with E-state index in [0.29, 0.717) is 5.92 Å². The van der Waals surface area contributed by atoms with Gasteiger partial charge in [-0.1, -0.05) is 72.1 Å². The van der Waals surface area contributed by atoms with E-state index >= 15 is 0 Å². The molecule has 0 bridgehead atoms. The number of hydrogen-bond donors (Lipinski definition) is 1. The Balaban J connectivity index is 3.38. The van der Waals surface area contributed by atoms with Crippen molar-refractivity contribution in [2.45, 2.75) is 91.1 Å². The van der Waals surface area contributed by atoms with Crippen LogP contribution in [0.4, 0.5) is 0 Å². The summed E-state index contributed by atoms with van der Waals surface area (Å²) in [7, 11) is 0. The van der Waals surface area contributed by atoms with Crippen LogP contribution in [0.15, 0.2) is 0 Å². The molecule has 0 aromatic carbocycles. The zero-order valence-electron chi connectivity index (χ0n) is 11.7. The first-order valence-corrected chi connectivity index (χ1v) is 7.40. The Morgan fingerprint density at radius 1 is 0.750 bits per heavy atom. The molecule has 0 heterocycles. The van der Waals surface area contributed by atoms with Crippen molar-refractivity contribution in [2.24, 2.45) is 5.92 Å². The van der Waals surface area contributed by atoms with Crippen molar-refractivity contribution in [3.8, 4) is 0 Å². The second-order valence-corrected chi connectivity index (χ2v) is 5.24. The molecule has 1 heteroatoms. The van der Waals surface area contributed by atoms with Crippen molar-refractivity contribution in [3.63, 3.8) is 0 Å². The minimum atomic E-state index is -0.0570. The van der Waals surface area contributed by atoms with Gasteiger partial charge in [0.05, 0.1) is 6.10 Å². The van der Waals surface area contributed by atoms with Gasteiger partial charge in [-0.2, -0.15) is 0 Å². The van der Waals surface area contributed by atoms with Gasteiger partial charge >= 0.3 is 0 Å². The molecule has 0 saturated carbocycles. The Labute approximate surface area is 103 Å². The van der Waals surface area contributed by atoms with E-state index in [-0.39, 0.29) is 6.10 Å². The molecule has 98 valence electrons. The maximum atomic E-state index is 9.97. The van der Waals surface area contributed by atoms with Gasteiger partial charge in [0.1, 0.15) is 0 Å². The molecule has 0 aromatic rings. The number of aliphatic hydroxyl groups excluding tert-OH is 1. The standard InChI is InChI=1S/C15H32O/c1-4-6-8-10-12-14(3)15(16)13-11-9-7-5-2/h14-16H,4-13H2,1-3H3. The van der Waals surface area contributed by atoms with Crippen LogP contribution in [-0.2, 0) is 0 Å². The molecule has 0 aliphatic carbocycles. The lowest BCUT2D eigenvalue weighted by molar-refractivity contribution is 0.0985.